The van der Waals surface area contributed by atoms with Crippen molar-refractivity contribution in [3.8, 4) is 5.75 Å². The normalized spacial score (nSPS) is 31.6. The number of rotatable bonds is 6. The quantitative estimate of drug-likeness (QED) is 0.225. The number of allylic oxidation sites excluding steroid dienone is 3. The van der Waals surface area contributed by atoms with Crippen molar-refractivity contribution in [2.45, 2.75) is 95.5 Å². The molecule has 5 unspecified atom stereocenters. The molecule has 0 radical (unpaired) electrons. The molecule has 7 atom stereocenters. The highest BCUT2D eigenvalue weighted by Gasteiger charge is 2.64. The Morgan fingerprint density at radius 2 is 2.02 bits per heavy atom. The van der Waals surface area contributed by atoms with Crippen LogP contribution in [0.25, 0.3) is 0 Å². The van der Waals surface area contributed by atoms with Crippen LogP contribution in [0.3, 0.4) is 0 Å². The Labute approximate surface area is 292 Å². The topological polar surface area (TPSA) is 147 Å². The number of halogens is 1. The van der Waals surface area contributed by atoms with Crippen LogP contribution in [0.4, 0.5) is 10.5 Å². The van der Waals surface area contributed by atoms with Gasteiger partial charge in [-0.25, -0.2) is 9.59 Å². The van der Waals surface area contributed by atoms with Crippen molar-refractivity contribution in [1.82, 2.24) is 10.2 Å². The van der Waals surface area contributed by atoms with E-state index in [0.717, 1.165) is 11.1 Å². The molecule has 4 bridgehead atoms. The van der Waals surface area contributed by atoms with Gasteiger partial charge in [-0.15, -0.1) is 0 Å². The molecule has 0 spiro atoms. The van der Waals surface area contributed by atoms with Gasteiger partial charge in [0.2, 0.25) is 11.8 Å². The fraction of sp³-hybridized carbons (Fsp3) is 0.588. The van der Waals surface area contributed by atoms with E-state index >= 15 is 0 Å². The van der Waals surface area contributed by atoms with Gasteiger partial charge >= 0.3 is 12.1 Å². The van der Waals surface area contributed by atoms with E-state index in [2.05, 4.69) is 17.9 Å². The van der Waals surface area contributed by atoms with Crippen LogP contribution in [0.1, 0.15) is 58.9 Å². The maximum Gasteiger partial charge on any atom is 0.409 e. The third kappa shape index (κ3) is 8.30. The van der Waals surface area contributed by atoms with Gasteiger partial charge in [0.05, 0.1) is 25.3 Å². The zero-order chi connectivity index (χ0) is 35.6. The summed E-state index contributed by atoms with van der Waals surface area (Å²) in [5.74, 6) is -1.17. The molecule has 2 fully saturated rings. The molecule has 48 heavy (non-hydrogen) atoms. The first-order chi connectivity index (χ1) is 22.5. The number of hydrogen-bond donors (Lipinski definition) is 3. The minimum absolute atomic E-state index is 0.0776. The van der Waals surface area contributed by atoms with Gasteiger partial charge in [0.15, 0.2) is 0 Å². The standard InChI is InChI=1S/C34H46ClN3O9S/c1-19-10-8-9-12-34(43)18-25(45-32(42)36-34)20(2)30-33(4,47-30)26(46-31(41)21(3)37(5)27(39)11-13-48)17-28(40)38(6)23-15-22(14-19)16-24(44-7)29(23)35/h8-10,15-16,20-21,25-26,30,43,48H,11-14,17-18H2,1-7H3,(H,36,42)/b9-8+,19-10+/t20?,21?,25?,26-,30?,33?,34+/m0/s1. The molecule has 2 saturated heterocycles. The molecule has 264 valence electrons. The third-order valence-corrected chi connectivity index (χ3v) is 10.1. The molecular formula is C34H46ClN3O9S. The first kappa shape index (κ1) is 37.6. The van der Waals surface area contributed by atoms with Gasteiger partial charge in [-0.3, -0.25) is 14.9 Å². The minimum Gasteiger partial charge on any atom is -0.495 e. The number of nitrogens with zero attached hydrogens (tertiary/aromatic N) is 2. The molecule has 3 amide bonds. The summed E-state index contributed by atoms with van der Waals surface area (Å²) in [7, 11) is 4.58. The van der Waals surface area contributed by atoms with Crippen LogP contribution >= 0.6 is 24.2 Å². The fourth-order valence-electron chi connectivity index (χ4n) is 6.22. The Morgan fingerprint density at radius 3 is 2.69 bits per heavy atom. The highest BCUT2D eigenvalue weighted by molar-refractivity contribution is 7.80. The number of anilines is 1. The second-order valence-electron chi connectivity index (χ2n) is 13.1. The number of thiol groups is 1. The molecule has 3 aliphatic heterocycles. The number of methoxy groups -OCH3 is 1. The Balaban J connectivity index is 1.74. The number of nitrogens with one attached hydrogen (secondary N) is 1. The van der Waals surface area contributed by atoms with Crippen molar-refractivity contribution in [1.29, 1.82) is 0 Å². The van der Waals surface area contributed by atoms with Crippen LogP contribution in [0.2, 0.25) is 5.02 Å². The molecule has 4 rings (SSSR count). The molecule has 1 aromatic carbocycles. The summed E-state index contributed by atoms with van der Waals surface area (Å²) in [5.41, 5.74) is -0.507. The van der Waals surface area contributed by atoms with Gasteiger partial charge in [-0.05, 0) is 50.6 Å². The number of ether oxygens (including phenoxy) is 4. The first-order valence-corrected chi connectivity index (χ1v) is 17.0. The molecular weight excluding hydrogens is 662 g/mol. The van der Waals surface area contributed by atoms with Crippen molar-refractivity contribution >= 4 is 53.8 Å². The number of hydrogen-bond acceptors (Lipinski definition) is 10. The monoisotopic (exact) mass is 707 g/mol. The highest BCUT2D eigenvalue weighted by atomic mass is 35.5. The smallest absolute Gasteiger partial charge is 0.409 e. The van der Waals surface area contributed by atoms with E-state index in [9.17, 15) is 24.3 Å². The number of amides is 3. The number of fused-ring (bicyclic) bond motifs is 5. The van der Waals surface area contributed by atoms with Crippen molar-refractivity contribution < 1.29 is 43.2 Å². The lowest BCUT2D eigenvalue weighted by Gasteiger charge is -2.39. The maximum atomic E-state index is 14.0. The summed E-state index contributed by atoms with van der Waals surface area (Å²) >= 11 is 10.8. The van der Waals surface area contributed by atoms with E-state index in [-0.39, 0.29) is 36.6 Å². The number of esters is 1. The lowest BCUT2D eigenvalue weighted by Crippen LogP contribution is -2.57. The average molecular weight is 708 g/mol. The van der Waals surface area contributed by atoms with Crippen molar-refractivity contribution in [3.63, 3.8) is 0 Å². The minimum atomic E-state index is -1.57. The second kappa shape index (κ2) is 15.1. The molecule has 3 aliphatic rings. The first-order valence-electron chi connectivity index (χ1n) is 15.9. The number of carbonyl (C=O) groups excluding carboxylic acids is 4. The van der Waals surface area contributed by atoms with Crippen LogP contribution in [-0.2, 0) is 35.0 Å². The summed E-state index contributed by atoms with van der Waals surface area (Å²) in [5, 5.41) is 14.1. The summed E-state index contributed by atoms with van der Waals surface area (Å²) in [6, 6.07) is 2.65. The second-order valence-corrected chi connectivity index (χ2v) is 13.9. The third-order valence-electron chi connectivity index (χ3n) is 9.47. The van der Waals surface area contributed by atoms with Gasteiger partial charge in [0.1, 0.15) is 40.3 Å². The van der Waals surface area contributed by atoms with Gasteiger partial charge in [-0.2, -0.15) is 12.6 Å². The predicted molar refractivity (Wildman–Crippen MR) is 183 cm³/mol. The van der Waals surface area contributed by atoms with Crippen molar-refractivity contribution in [2.75, 3.05) is 31.9 Å². The van der Waals surface area contributed by atoms with Crippen LogP contribution in [-0.4, -0.2) is 96.5 Å². The summed E-state index contributed by atoms with van der Waals surface area (Å²) in [4.78, 5) is 55.3. The Bertz CT molecular complexity index is 1490. The number of aliphatic hydroxyl groups is 1. The van der Waals surface area contributed by atoms with E-state index in [1.807, 2.05) is 32.1 Å². The average Bonchev–Trinajstić information content (AvgIpc) is 3.73. The number of alkyl carbamates (subject to hydrolysis) is 1. The Kier molecular flexibility index (Phi) is 11.8. The van der Waals surface area contributed by atoms with Gasteiger partial charge in [0.25, 0.3) is 0 Å². The SMILES string of the molecule is COc1cc2cc(c1Cl)N(C)C(=O)C[C@H](OC(=O)C(C)N(C)C(=O)CCS)C1(C)OC1C(C)C1C[C@](O)(C/C=C/C=C(\C)C2)NC(=O)O1. The molecule has 14 heteroatoms. The number of epoxide rings is 1. The molecule has 0 saturated carbocycles. The van der Waals surface area contributed by atoms with E-state index in [1.165, 1.54) is 24.0 Å². The van der Waals surface area contributed by atoms with E-state index in [1.54, 1.807) is 33.0 Å². The largest absolute Gasteiger partial charge is 0.495 e. The number of benzene rings is 1. The molecule has 2 N–H and O–H groups in total. The van der Waals surface area contributed by atoms with Gasteiger partial charge < -0.3 is 33.9 Å². The van der Waals surface area contributed by atoms with E-state index in [4.69, 9.17) is 30.5 Å². The van der Waals surface area contributed by atoms with Crippen LogP contribution in [0.15, 0.2) is 35.9 Å². The van der Waals surface area contributed by atoms with Gasteiger partial charge in [0, 0.05) is 39.3 Å². The molecule has 0 aromatic heterocycles. The van der Waals surface area contributed by atoms with E-state index in [0.29, 0.717) is 23.6 Å². The zero-order valence-corrected chi connectivity index (χ0v) is 30.1. The van der Waals surface area contributed by atoms with Crippen molar-refractivity contribution in [2.24, 2.45) is 5.92 Å². The predicted octanol–water partition coefficient (Wildman–Crippen LogP) is 4.21. The van der Waals surface area contributed by atoms with Crippen molar-refractivity contribution in [3.05, 3.63) is 46.5 Å². The molecule has 0 aliphatic carbocycles. The summed E-state index contributed by atoms with van der Waals surface area (Å²) < 4.78 is 23.3. The molecule has 12 nitrogen and oxygen atoms in total. The van der Waals surface area contributed by atoms with Crippen LogP contribution in [0.5, 0.6) is 5.75 Å². The Morgan fingerprint density at radius 1 is 1.31 bits per heavy atom. The summed E-state index contributed by atoms with van der Waals surface area (Å²) in [6.45, 7) is 7.04. The lowest BCUT2D eigenvalue weighted by atomic mass is 9.84. The number of carbonyl (C=O) groups is 4. The Hall–Kier alpha value is -3.26. The molecule has 1 aromatic rings. The number of likely N-dealkylation sites (N-methyl/N-ethyl adjacent to an activating group) is 1. The van der Waals surface area contributed by atoms with Gasteiger partial charge in [-0.1, -0.05) is 42.3 Å². The van der Waals surface area contributed by atoms with E-state index < -0.39 is 59.6 Å². The molecule has 3 heterocycles. The fourth-order valence-corrected chi connectivity index (χ4v) is 6.72. The summed E-state index contributed by atoms with van der Waals surface area (Å²) in [6.07, 6.45) is 2.85. The lowest BCUT2D eigenvalue weighted by molar-refractivity contribution is -0.161. The zero-order valence-electron chi connectivity index (χ0n) is 28.4. The van der Waals surface area contributed by atoms with Crippen LogP contribution < -0.4 is 15.0 Å². The highest BCUT2D eigenvalue weighted by Crippen LogP contribution is 2.49. The van der Waals surface area contributed by atoms with Crippen LogP contribution in [0, 0.1) is 5.92 Å². The maximum absolute atomic E-state index is 14.0.